The zero-order valence-corrected chi connectivity index (χ0v) is 16.5. The Labute approximate surface area is 165 Å². The quantitative estimate of drug-likeness (QED) is 0.604. The highest BCUT2D eigenvalue weighted by Gasteiger charge is 2.60. The summed E-state index contributed by atoms with van der Waals surface area (Å²) in [6.45, 7) is 0. The van der Waals surface area contributed by atoms with Crippen LogP contribution in [0.1, 0.15) is 30.9 Å². The summed E-state index contributed by atoms with van der Waals surface area (Å²) < 4.78 is 7.74. The van der Waals surface area contributed by atoms with Gasteiger partial charge in [-0.15, -0.1) is 0 Å². The van der Waals surface area contributed by atoms with Crippen molar-refractivity contribution in [1.82, 2.24) is 5.32 Å². The van der Waals surface area contributed by atoms with Gasteiger partial charge in [-0.05, 0) is 61.5 Å². The van der Waals surface area contributed by atoms with Gasteiger partial charge in [-0.2, -0.15) is 0 Å². The van der Waals surface area contributed by atoms with E-state index in [9.17, 15) is 0 Å². The minimum absolute atomic E-state index is 0.187. The molecule has 0 radical (unpaired) electrons. The van der Waals surface area contributed by atoms with Gasteiger partial charge in [0.2, 0.25) is 0 Å². The van der Waals surface area contributed by atoms with Crippen molar-refractivity contribution in [1.29, 1.82) is 0 Å². The molecule has 2 aromatic rings. The standard InChI is InChI=1S/C19H16BrClN2OS/c20-11-6-7-16-14(9-11)17-15-5-2-8-19(15,24-16)23(18(25)22-17)13-4-1-3-12(21)10-13/h1,3-4,6-7,9-10,15,17H,2,5,8H2,(H,22,25)/t15-,17-,19+/m0/s1. The molecule has 5 rings (SSSR count). The average Bonchev–Trinajstić information content (AvgIpc) is 3.00. The largest absolute Gasteiger partial charge is 0.467 e. The predicted octanol–water partition coefficient (Wildman–Crippen LogP) is 5.43. The van der Waals surface area contributed by atoms with E-state index >= 15 is 0 Å². The van der Waals surface area contributed by atoms with Crippen molar-refractivity contribution in [2.45, 2.75) is 31.0 Å². The number of fused-ring (bicyclic) bond motifs is 2. The summed E-state index contributed by atoms with van der Waals surface area (Å²) in [5, 5.41) is 4.99. The first kappa shape index (κ1) is 15.9. The van der Waals surface area contributed by atoms with Crippen LogP contribution >= 0.6 is 39.7 Å². The number of nitrogens with zero attached hydrogens (tertiary/aromatic N) is 1. The zero-order valence-electron chi connectivity index (χ0n) is 13.3. The van der Waals surface area contributed by atoms with E-state index in [0.717, 1.165) is 35.2 Å². The Kier molecular flexibility index (Phi) is 3.56. The Hall–Kier alpha value is -1.30. The van der Waals surface area contributed by atoms with Crippen molar-refractivity contribution < 1.29 is 4.74 Å². The Morgan fingerprint density at radius 3 is 3.00 bits per heavy atom. The second kappa shape index (κ2) is 5.60. The Balaban J connectivity index is 1.70. The van der Waals surface area contributed by atoms with E-state index in [1.807, 2.05) is 30.3 Å². The minimum Gasteiger partial charge on any atom is -0.467 e. The maximum atomic E-state index is 6.68. The fourth-order valence-corrected chi connectivity index (χ4v) is 5.57. The number of ether oxygens (including phenoxy) is 1. The molecule has 2 fully saturated rings. The van der Waals surface area contributed by atoms with E-state index < -0.39 is 5.72 Å². The molecular weight excluding hydrogens is 420 g/mol. The van der Waals surface area contributed by atoms with Gasteiger partial charge in [0.25, 0.3) is 0 Å². The summed E-state index contributed by atoms with van der Waals surface area (Å²) in [7, 11) is 0. The molecular formula is C19H16BrClN2OS. The first-order valence-corrected chi connectivity index (χ1v) is 10.0. The number of halogens is 2. The summed E-state index contributed by atoms with van der Waals surface area (Å²) in [5.74, 6) is 1.29. The summed E-state index contributed by atoms with van der Waals surface area (Å²) in [6.07, 6.45) is 3.19. The van der Waals surface area contributed by atoms with Crippen LogP contribution in [0.2, 0.25) is 5.02 Å². The summed E-state index contributed by atoms with van der Waals surface area (Å²) in [5.41, 5.74) is 1.74. The van der Waals surface area contributed by atoms with Gasteiger partial charge >= 0.3 is 0 Å². The van der Waals surface area contributed by atoms with Crippen LogP contribution in [0.5, 0.6) is 5.75 Å². The van der Waals surface area contributed by atoms with Gasteiger partial charge in [0.1, 0.15) is 5.75 Å². The van der Waals surface area contributed by atoms with Gasteiger partial charge in [0.05, 0.1) is 6.04 Å². The van der Waals surface area contributed by atoms with Gasteiger partial charge in [-0.1, -0.05) is 33.6 Å². The van der Waals surface area contributed by atoms with Gasteiger partial charge in [0, 0.05) is 33.1 Å². The third-order valence-electron chi connectivity index (χ3n) is 5.55. The lowest BCUT2D eigenvalue weighted by atomic mass is 9.80. The Morgan fingerprint density at radius 2 is 2.16 bits per heavy atom. The van der Waals surface area contributed by atoms with Crippen molar-refractivity contribution in [2.24, 2.45) is 5.92 Å². The molecule has 0 aromatic heterocycles. The third-order valence-corrected chi connectivity index (χ3v) is 6.58. The molecule has 0 unspecified atom stereocenters. The van der Waals surface area contributed by atoms with Crippen molar-refractivity contribution >= 4 is 50.5 Å². The van der Waals surface area contributed by atoms with E-state index in [2.05, 4.69) is 38.3 Å². The SMILES string of the molecule is S=C1N[C@H]2c3cc(Br)ccc3O[C@@]3(CCC[C@@H]23)N1c1cccc(Cl)c1. The van der Waals surface area contributed by atoms with Crippen LogP contribution < -0.4 is 15.0 Å². The van der Waals surface area contributed by atoms with E-state index in [4.69, 9.17) is 28.6 Å². The number of thiocarbonyl (C=S) groups is 1. The first-order chi connectivity index (χ1) is 12.1. The Morgan fingerprint density at radius 1 is 1.28 bits per heavy atom. The molecule has 2 bridgehead atoms. The van der Waals surface area contributed by atoms with Crippen molar-refractivity contribution in [2.75, 3.05) is 4.90 Å². The van der Waals surface area contributed by atoms with Crippen LogP contribution in [0.3, 0.4) is 0 Å². The number of anilines is 1. The number of benzene rings is 2. The lowest BCUT2D eigenvalue weighted by molar-refractivity contribution is -0.00509. The van der Waals surface area contributed by atoms with Gasteiger partial charge in [-0.25, -0.2) is 0 Å². The van der Waals surface area contributed by atoms with Crippen LogP contribution in [-0.4, -0.2) is 10.8 Å². The molecule has 2 heterocycles. The van der Waals surface area contributed by atoms with Crippen molar-refractivity contribution in [3.8, 4) is 5.75 Å². The third kappa shape index (κ3) is 2.25. The average molecular weight is 436 g/mol. The molecule has 25 heavy (non-hydrogen) atoms. The fourth-order valence-electron chi connectivity index (χ4n) is 4.62. The van der Waals surface area contributed by atoms with Crippen molar-refractivity contribution in [3.63, 3.8) is 0 Å². The molecule has 3 aliphatic rings. The highest BCUT2D eigenvalue weighted by Crippen LogP contribution is 2.56. The number of rotatable bonds is 1. The molecule has 1 saturated carbocycles. The predicted molar refractivity (Wildman–Crippen MR) is 107 cm³/mol. The lowest BCUT2D eigenvalue weighted by Crippen LogP contribution is -2.69. The second-order valence-corrected chi connectivity index (χ2v) is 8.61. The number of hydrogen-bond acceptors (Lipinski definition) is 2. The molecule has 3 atom stereocenters. The van der Waals surface area contributed by atoms with E-state index in [0.29, 0.717) is 16.1 Å². The molecule has 0 spiro atoms. The molecule has 3 nitrogen and oxygen atoms in total. The summed E-state index contributed by atoms with van der Waals surface area (Å²) in [6, 6.07) is 14.3. The Bertz CT molecular complexity index is 891. The molecule has 0 amide bonds. The minimum atomic E-state index is -0.432. The normalized spacial score (nSPS) is 29.5. The van der Waals surface area contributed by atoms with Crippen LogP contribution in [0.15, 0.2) is 46.9 Å². The highest BCUT2D eigenvalue weighted by atomic mass is 79.9. The van der Waals surface area contributed by atoms with Crippen molar-refractivity contribution in [3.05, 3.63) is 57.5 Å². The van der Waals surface area contributed by atoms with Gasteiger partial charge in [0.15, 0.2) is 10.8 Å². The fraction of sp³-hybridized carbons (Fsp3) is 0.316. The van der Waals surface area contributed by atoms with Crippen LogP contribution in [0.4, 0.5) is 5.69 Å². The second-order valence-electron chi connectivity index (χ2n) is 6.87. The van der Waals surface area contributed by atoms with Gasteiger partial charge in [-0.3, -0.25) is 4.90 Å². The van der Waals surface area contributed by atoms with E-state index in [-0.39, 0.29) is 6.04 Å². The number of hydrogen-bond donors (Lipinski definition) is 1. The maximum Gasteiger partial charge on any atom is 0.194 e. The summed E-state index contributed by atoms with van der Waals surface area (Å²) >= 11 is 15.6. The molecule has 6 heteroatoms. The van der Waals surface area contributed by atoms with Gasteiger partial charge < -0.3 is 10.1 Å². The first-order valence-electron chi connectivity index (χ1n) is 8.43. The smallest absolute Gasteiger partial charge is 0.194 e. The topological polar surface area (TPSA) is 24.5 Å². The molecule has 2 aliphatic heterocycles. The van der Waals surface area contributed by atoms with E-state index in [1.165, 1.54) is 5.56 Å². The molecule has 1 N–H and O–H groups in total. The van der Waals surface area contributed by atoms with Crippen LogP contribution in [0.25, 0.3) is 0 Å². The molecule has 2 aromatic carbocycles. The van der Waals surface area contributed by atoms with Crippen LogP contribution in [0, 0.1) is 5.92 Å². The zero-order chi connectivity index (χ0) is 17.2. The molecule has 1 saturated heterocycles. The van der Waals surface area contributed by atoms with Crippen LogP contribution in [-0.2, 0) is 0 Å². The molecule has 128 valence electrons. The lowest BCUT2D eigenvalue weighted by Gasteiger charge is -2.56. The van der Waals surface area contributed by atoms with E-state index in [1.54, 1.807) is 0 Å². The maximum absolute atomic E-state index is 6.68. The monoisotopic (exact) mass is 434 g/mol. The summed E-state index contributed by atoms with van der Waals surface area (Å²) in [4.78, 5) is 2.15. The number of nitrogens with one attached hydrogen (secondary N) is 1. The highest BCUT2D eigenvalue weighted by molar-refractivity contribution is 9.10. The molecule has 1 aliphatic carbocycles.